The fourth-order valence-corrected chi connectivity index (χ4v) is 2.32. The normalized spacial score (nSPS) is 17.7. The van der Waals surface area contributed by atoms with E-state index >= 15 is 0 Å². The summed E-state index contributed by atoms with van der Waals surface area (Å²) in [4.78, 5) is 10.4. The van der Waals surface area contributed by atoms with E-state index in [1.165, 1.54) is 0 Å². The van der Waals surface area contributed by atoms with Gasteiger partial charge in [0.25, 0.3) is 15.9 Å². The van der Waals surface area contributed by atoms with Crippen molar-refractivity contribution in [3.63, 3.8) is 0 Å². The van der Waals surface area contributed by atoms with Gasteiger partial charge in [0.15, 0.2) is 11.6 Å². The molecule has 0 fully saturated rings. The Morgan fingerprint density at radius 1 is 1.14 bits per heavy atom. The molecule has 0 aliphatic carbocycles. The van der Waals surface area contributed by atoms with Gasteiger partial charge < -0.3 is 0 Å². The first-order chi connectivity index (χ1) is 6.42. The average molecular weight is 219 g/mol. The van der Waals surface area contributed by atoms with Crippen molar-refractivity contribution in [2.75, 3.05) is 0 Å². The molecule has 0 atom stereocenters. The molecule has 1 aliphatic rings. The van der Waals surface area contributed by atoms with E-state index < -0.39 is 32.5 Å². The zero-order valence-electron chi connectivity index (χ0n) is 6.54. The number of carbonyl (C=O) groups excluding carboxylic acids is 1. The first kappa shape index (κ1) is 9.07. The third-order valence-electron chi connectivity index (χ3n) is 1.78. The minimum absolute atomic E-state index is 0.371. The molecule has 0 spiro atoms. The van der Waals surface area contributed by atoms with Crippen molar-refractivity contribution in [2.45, 2.75) is 4.90 Å². The number of hydrogen-bond donors (Lipinski definition) is 1. The molecule has 2 rings (SSSR count). The molecule has 14 heavy (non-hydrogen) atoms. The van der Waals surface area contributed by atoms with E-state index in [4.69, 9.17) is 0 Å². The fraction of sp³-hybridized carbons (Fsp3) is 0. The lowest BCUT2D eigenvalue weighted by molar-refractivity contribution is 0.0984. The largest absolute Gasteiger partial charge is 0.268 e. The third-order valence-corrected chi connectivity index (χ3v) is 3.15. The number of benzene rings is 1. The van der Waals surface area contributed by atoms with Gasteiger partial charge in [0.2, 0.25) is 0 Å². The Labute approximate surface area is 77.6 Å². The summed E-state index contributed by atoms with van der Waals surface area (Å²) in [7, 11) is -4.00. The topological polar surface area (TPSA) is 63.2 Å². The maximum Gasteiger partial charge on any atom is 0.266 e. The second-order valence-corrected chi connectivity index (χ2v) is 4.35. The van der Waals surface area contributed by atoms with Crippen molar-refractivity contribution in [3.8, 4) is 0 Å². The summed E-state index contributed by atoms with van der Waals surface area (Å²) >= 11 is 0. The molecule has 1 N–H and O–H groups in total. The van der Waals surface area contributed by atoms with Gasteiger partial charge in [-0.2, -0.15) is 0 Å². The Kier molecular flexibility index (Phi) is 1.62. The van der Waals surface area contributed by atoms with Crippen molar-refractivity contribution < 1.29 is 22.0 Å². The molecule has 0 aromatic heterocycles. The van der Waals surface area contributed by atoms with Crippen molar-refractivity contribution in [3.05, 3.63) is 29.3 Å². The molecule has 0 saturated heterocycles. The van der Waals surface area contributed by atoms with E-state index in [1.807, 2.05) is 0 Å². The van der Waals surface area contributed by atoms with E-state index in [1.54, 1.807) is 4.72 Å². The molecule has 0 bridgehead atoms. The first-order valence-corrected chi connectivity index (χ1v) is 4.96. The number of nitrogens with one attached hydrogen (secondary N) is 1. The summed E-state index contributed by atoms with van der Waals surface area (Å²) < 4.78 is 49.1. The summed E-state index contributed by atoms with van der Waals surface area (Å²) in [6.45, 7) is 0. The predicted molar refractivity (Wildman–Crippen MR) is 41.0 cm³/mol. The summed E-state index contributed by atoms with van der Waals surface area (Å²) in [5.41, 5.74) is -0.371. The summed E-state index contributed by atoms with van der Waals surface area (Å²) in [5.74, 6) is -3.50. The standard InChI is InChI=1S/C7H3F2NO3S/c8-4-1-3-6(2-5(4)9)14(12,13)10-7(3)11/h1-2H,(H,10,11). The maximum absolute atomic E-state index is 12.7. The monoisotopic (exact) mass is 219 g/mol. The van der Waals surface area contributed by atoms with Crippen LogP contribution in [0.1, 0.15) is 10.4 Å². The Balaban J connectivity index is 2.83. The van der Waals surface area contributed by atoms with Gasteiger partial charge in [-0.25, -0.2) is 21.9 Å². The van der Waals surface area contributed by atoms with Crippen LogP contribution in [-0.4, -0.2) is 14.3 Å². The third kappa shape index (κ3) is 1.09. The molecule has 0 radical (unpaired) electrons. The molecule has 1 aromatic carbocycles. The van der Waals surface area contributed by atoms with Gasteiger partial charge in [0, 0.05) is 0 Å². The van der Waals surface area contributed by atoms with Gasteiger partial charge in [0.05, 0.1) is 5.56 Å². The van der Waals surface area contributed by atoms with Gasteiger partial charge >= 0.3 is 0 Å². The highest BCUT2D eigenvalue weighted by Gasteiger charge is 2.33. The van der Waals surface area contributed by atoms with Crippen LogP contribution in [-0.2, 0) is 10.0 Å². The van der Waals surface area contributed by atoms with E-state index in [-0.39, 0.29) is 5.56 Å². The zero-order valence-corrected chi connectivity index (χ0v) is 7.36. The zero-order chi connectivity index (χ0) is 10.5. The second-order valence-electron chi connectivity index (χ2n) is 2.70. The molecule has 1 amide bonds. The minimum atomic E-state index is -4.00. The van der Waals surface area contributed by atoms with Gasteiger partial charge in [-0.05, 0) is 12.1 Å². The molecule has 74 valence electrons. The average Bonchev–Trinajstić information content (AvgIpc) is 2.26. The predicted octanol–water partition coefficient (Wildman–Crippen LogP) is 0.397. The summed E-state index contributed by atoms with van der Waals surface area (Å²) in [6, 6.07) is 1.04. The fourth-order valence-electron chi connectivity index (χ4n) is 1.16. The van der Waals surface area contributed by atoms with E-state index in [0.717, 1.165) is 0 Å². The molecule has 1 heterocycles. The van der Waals surface area contributed by atoms with Crippen molar-refractivity contribution in [2.24, 2.45) is 0 Å². The van der Waals surface area contributed by atoms with E-state index in [2.05, 4.69) is 0 Å². The molecule has 7 heteroatoms. The van der Waals surface area contributed by atoms with Gasteiger partial charge in [-0.15, -0.1) is 0 Å². The quantitative estimate of drug-likeness (QED) is 0.686. The van der Waals surface area contributed by atoms with Crippen LogP contribution in [0.2, 0.25) is 0 Å². The summed E-state index contributed by atoms with van der Waals surface area (Å²) in [5, 5.41) is 0. The van der Waals surface area contributed by atoms with E-state index in [0.29, 0.717) is 12.1 Å². The Bertz CT molecular complexity index is 538. The van der Waals surface area contributed by atoms with Crippen molar-refractivity contribution >= 4 is 15.9 Å². The molecular weight excluding hydrogens is 216 g/mol. The highest BCUT2D eigenvalue weighted by atomic mass is 32.2. The second kappa shape index (κ2) is 2.50. The van der Waals surface area contributed by atoms with Gasteiger partial charge in [-0.3, -0.25) is 4.79 Å². The molecular formula is C7H3F2NO3S. The smallest absolute Gasteiger partial charge is 0.266 e. The van der Waals surface area contributed by atoms with Crippen molar-refractivity contribution in [1.29, 1.82) is 0 Å². The lowest BCUT2D eigenvalue weighted by atomic mass is 10.2. The Hall–Kier alpha value is -1.50. The molecule has 1 aliphatic heterocycles. The molecule has 1 aromatic rings. The molecule has 4 nitrogen and oxygen atoms in total. The van der Waals surface area contributed by atoms with Crippen LogP contribution >= 0.6 is 0 Å². The molecule has 0 unspecified atom stereocenters. The van der Waals surface area contributed by atoms with E-state index in [9.17, 15) is 22.0 Å². The lowest BCUT2D eigenvalue weighted by Gasteiger charge is -1.96. The number of hydrogen-bond acceptors (Lipinski definition) is 3. The number of rotatable bonds is 0. The van der Waals surface area contributed by atoms with Crippen molar-refractivity contribution in [1.82, 2.24) is 4.72 Å². The van der Waals surface area contributed by atoms with Crippen LogP contribution in [0.3, 0.4) is 0 Å². The van der Waals surface area contributed by atoms with Crippen LogP contribution < -0.4 is 4.72 Å². The minimum Gasteiger partial charge on any atom is -0.268 e. The van der Waals surface area contributed by atoms with Crippen LogP contribution in [0.15, 0.2) is 17.0 Å². The number of sulfonamides is 1. The maximum atomic E-state index is 12.7. The van der Waals surface area contributed by atoms with Crippen LogP contribution in [0, 0.1) is 11.6 Å². The van der Waals surface area contributed by atoms with Crippen LogP contribution in [0.25, 0.3) is 0 Å². The Morgan fingerprint density at radius 2 is 1.71 bits per heavy atom. The lowest BCUT2D eigenvalue weighted by Crippen LogP contribution is -2.20. The van der Waals surface area contributed by atoms with Crippen LogP contribution in [0.5, 0.6) is 0 Å². The van der Waals surface area contributed by atoms with Crippen LogP contribution in [0.4, 0.5) is 8.78 Å². The first-order valence-electron chi connectivity index (χ1n) is 3.48. The summed E-state index contributed by atoms with van der Waals surface area (Å²) in [6.07, 6.45) is 0. The van der Waals surface area contributed by atoms with Gasteiger partial charge in [0.1, 0.15) is 4.90 Å². The number of halogens is 2. The number of fused-ring (bicyclic) bond motifs is 1. The Morgan fingerprint density at radius 3 is 2.36 bits per heavy atom. The number of carbonyl (C=O) groups is 1. The SMILES string of the molecule is O=C1NS(=O)(=O)c2cc(F)c(F)cc21. The molecule has 0 saturated carbocycles. The highest BCUT2D eigenvalue weighted by Crippen LogP contribution is 2.24. The number of amides is 1. The van der Waals surface area contributed by atoms with Gasteiger partial charge in [-0.1, -0.05) is 0 Å². The highest BCUT2D eigenvalue weighted by molar-refractivity contribution is 7.90.